The first-order valence-electron chi connectivity index (χ1n) is 14.1. The Morgan fingerprint density at radius 3 is 2.14 bits per heavy atom. The summed E-state index contributed by atoms with van der Waals surface area (Å²) < 4.78 is 44.2. The van der Waals surface area contributed by atoms with Crippen LogP contribution in [-0.4, -0.2) is 44.3 Å². The Labute approximate surface area is 253 Å². The fourth-order valence-electron chi connectivity index (χ4n) is 4.88. The highest BCUT2D eigenvalue weighted by atomic mass is 32.2. The van der Waals surface area contributed by atoms with Crippen LogP contribution in [0.4, 0.5) is 10.1 Å². The van der Waals surface area contributed by atoms with Gasteiger partial charge in [0.05, 0.1) is 10.6 Å². The van der Waals surface area contributed by atoms with Gasteiger partial charge in [0.15, 0.2) is 0 Å². The molecule has 224 valence electrons. The molecule has 0 aliphatic carbocycles. The van der Waals surface area contributed by atoms with Crippen molar-refractivity contribution in [3.05, 3.63) is 131 Å². The molecule has 1 atom stereocenters. The quantitative estimate of drug-likeness (QED) is 0.235. The number of benzene rings is 4. The Morgan fingerprint density at radius 1 is 0.860 bits per heavy atom. The number of likely N-dealkylation sites (N-methyl/N-ethyl adjacent to an activating group) is 1. The summed E-state index contributed by atoms with van der Waals surface area (Å²) in [5.74, 6) is -1.59. The molecule has 4 aromatic rings. The molecule has 0 unspecified atom stereocenters. The molecule has 4 rings (SSSR count). The van der Waals surface area contributed by atoms with Crippen molar-refractivity contribution in [2.45, 2.75) is 44.7 Å². The molecule has 0 aliphatic heterocycles. The minimum absolute atomic E-state index is 0.0221. The fraction of sp³-hybridized carbons (Fsp3) is 0.235. The second-order valence-electron chi connectivity index (χ2n) is 10.3. The van der Waals surface area contributed by atoms with Gasteiger partial charge < -0.3 is 10.2 Å². The molecule has 0 aromatic heterocycles. The number of amides is 2. The molecular formula is C34H36FN3O4S. The summed E-state index contributed by atoms with van der Waals surface area (Å²) in [6.07, 6.45) is 0.155. The van der Waals surface area contributed by atoms with Gasteiger partial charge in [-0.3, -0.25) is 13.9 Å². The topological polar surface area (TPSA) is 86.8 Å². The third kappa shape index (κ3) is 7.67. The Morgan fingerprint density at radius 2 is 1.49 bits per heavy atom. The Hall–Kier alpha value is -4.50. The molecule has 0 saturated heterocycles. The van der Waals surface area contributed by atoms with Crippen LogP contribution in [0.3, 0.4) is 0 Å². The van der Waals surface area contributed by atoms with E-state index in [0.717, 1.165) is 15.4 Å². The molecule has 9 heteroatoms. The lowest BCUT2D eigenvalue weighted by molar-refractivity contribution is -0.140. The third-order valence-corrected chi connectivity index (χ3v) is 8.94. The van der Waals surface area contributed by atoms with Crippen molar-refractivity contribution in [1.29, 1.82) is 0 Å². The number of sulfonamides is 1. The highest BCUT2D eigenvalue weighted by molar-refractivity contribution is 7.92. The zero-order valence-corrected chi connectivity index (χ0v) is 25.4. The van der Waals surface area contributed by atoms with E-state index in [4.69, 9.17) is 0 Å². The van der Waals surface area contributed by atoms with E-state index in [2.05, 4.69) is 5.32 Å². The molecule has 0 saturated carbocycles. The molecule has 0 aliphatic rings. The van der Waals surface area contributed by atoms with Crippen LogP contribution in [0.25, 0.3) is 0 Å². The minimum atomic E-state index is -4.21. The van der Waals surface area contributed by atoms with E-state index in [-0.39, 0.29) is 23.4 Å². The molecule has 7 nitrogen and oxygen atoms in total. The summed E-state index contributed by atoms with van der Waals surface area (Å²) >= 11 is 0. The second-order valence-corrected chi connectivity index (χ2v) is 12.2. The molecule has 0 fully saturated rings. The van der Waals surface area contributed by atoms with Crippen LogP contribution in [0, 0.1) is 19.7 Å². The average Bonchev–Trinajstić information content (AvgIpc) is 3.00. The Kier molecular flexibility index (Phi) is 10.3. The van der Waals surface area contributed by atoms with E-state index < -0.39 is 40.2 Å². The van der Waals surface area contributed by atoms with Crippen LogP contribution >= 0.6 is 0 Å². The summed E-state index contributed by atoms with van der Waals surface area (Å²) in [5.41, 5.74) is 2.83. The lowest BCUT2D eigenvalue weighted by Gasteiger charge is -2.34. The van der Waals surface area contributed by atoms with Crippen molar-refractivity contribution in [2.75, 3.05) is 17.4 Å². The summed E-state index contributed by atoms with van der Waals surface area (Å²) in [6.45, 7) is 4.88. The Bertz CT molecular complexity index is 1660. The molecule has 4 aromatic carbocycles. The van der Waals surface area contributed by atoms with Gasteiger partial charge in [0.25, 0.3) is 10.0 Å². The maximum absolute atomic E-state index is 14.9. The molecule has 0 bridgehead atoms. The van der Waals surface area contributed by atoms with E-state index in [9.17, 15) is 22.4 Å². The monoisotopic (exact) mass is 601 g/mol. The maximum atomic E-state index is 14.9. The number of hydrogen-bond donors (Lipinski definition) is 1. The third-order valence-electron chi connectivity index (χ3n) is 7.16. The minimum Gasteiger partial charge on any atom is -0.355 e. The summed E-state index contributed by atoms with van der Waals surface area (Å²) in [5, 5.41) is 2.80. The number of carbonyl (C=O) groups is 2. The number of aryl methyl sites for hydroxylation is 2. The van der Waals surface area contributed by atoms with Gasteiger partial charge in [0, 0.05) is 25.1 Å². The van der Waals surface area contributed by atoms with Gasteiger partial charge >= 0.3 is 0 Å². The first kappa shape index (κ1) is 31.4. The lowest BCUT2D eigenvalue weighted by atomic mass is 10.0. The van der Waals surface area contributed by atoms with Crippen LogP contribution in [0.1, 0.15) is 29.2 Å². The molecule has 0 heterocycles. The number of rotatable bonds is 12. The highest BCUT2D eigenvalue weighted by Crippen LogP contribution is 2.29. The SMILES string of the molecule is CCNC(=O)[C@@H](Cc1ccccc1)N(Cc1ccccc1F)C(=O)CN(c1cc(C)ccc1C)S(=O)(=O)c1ccccc1. The number of halogens is 1. The van der Waals surface area contributed by atoms with Gasteiger partial charge in [-0.25, -0.2) is 12.8 Å². The number of nitrogens with zero attached hydrogens (tertiary/aromatic N) is 2. The van der Waals surface area contributed by atoms with Crippen molar-refractivity contribution in [3.63, 3.8) is 0 Å². The number of hydrogen-bond acceptors (Lipinski definition) is 4. The molecule has 0 radical (unpaired) electrons. The summed E-state index contributed by atoms with van der Waals surface area (Å²) in [7, 11) is -4.21. The predicted molar refractivity (Wildman–Crippen MR) is 166 cm³/mol. The molecular weight excluding hydrogens is 565 g/mol. The van der Waals surface area contributed by atoms with Gasteiger partial charge in [-0.2, -0.15) is 0 Å². The molecule has 0 spiro atoms. The van der Waals surface area contributed by atoms with Gasteiger partial charge in [-0.05, 0) is 61.7 Å². The largest absolute Gasteiger partial charge is 0.355 e. The van der Waals surface area contributed by atoms with Crippen LogP contribution < -0.4 is 9.62 Å². The van der Waals surface area contributed by atoms with Crippen LogP contribution in [0.2, 0.25) is 0 Å². The van der Waals surface area contributed by atoms with Crippen molar-refractivity contribution >= 4 is 27.5 Å². The van der Waals surface area contributed by atoms with E-state index in [0.29, 0.717) is 17.8 Å². The number of nitrogens with one attached hydrogen (secondary N) is 1. The van der Waals surface area contributed by atoms with Gasteiger partial charge in [-0.1, -0.05) is 78.9 Å². The van der Waals surface area contributed by atoms with Gasteiger partial charge in [0.2, 0.25) is 11.8 Å². The van der Waals surface area contributed by atoms with Crippen LogP contribution in [0.15, 0.2) is 108 Å². The fourth-order valence-corrected chi connectivity index (χ4v) is 6.37. The smallest absolute Gasteiger partial charge is 0.264 e. The number of carbonyl (C=O) groups excluding carboxylic acids is 2. The first-order chi connectivity index (χ1) is 20.6. The van der Waals surface area contributed by atoms with E-state index in [1.54, 1.807) is 62.4 Å². The molecule has 1 N–H and O–H groups in total. The molecule has 2 amide bonds. The number of anilines is 1. The first-order valence-corrected chi connectivity index (χ1v) is 15.6. The highest BCUT2D eigenvalue weighted by Gasteiger charge is 2.35. The maximum Gasteiger partial charge on any atom is 0.264 e. The van der Waals surface area contributed by atoms with Gasteiger partial charge in [-0.15, -0.1) is 0 Å². The van der Waals surface area contributed by atoms with Crippen molar-refractivity contribution in [1.82, 2.24) is 10.2 Å². The average molecular weight is 602 g/mol. The van der Waals surface area contributed by atoms with E-state index in [1.807, 2.05) is 43.3 Å². The standard InChI is InChI=1S/C34H36FN3O4S/c1-4-36-34(40)32(22-27-13-7-5-8-14-27)37(23-28-15-11-12-18-30(28)35)33(39)24-38(31-21-25(2)19-20-26(31)3)43(41,42)29-16-9-6-10-17-29/h5-21,32H,4,22-24H2,1-3H3,(H,36,40)/t32-/m1/s1. The summed E-state index contributed by atoms with van der Waals surface area (Å²) in [4.78, 5) is 29.2. The zero-order chi connectivity index (χ0) is 31.0. The van der Waals surface area contributed by atoms with Crippen LogP contribution in [-0.2, 0) is 32.6 Å². The second kappa shape index (κ2) is 14.1. The van der Waals surface area contributed by atoms with Crippen molar-refractivity contribution < 1.29 is 22.4 Å². The Balaban J connectivity index is 1.83. The van der Waals surface area contributed by atoms with Gasteiger partial charge in [0.1, 0.15) is 18.4 Å². The zero-order valence-electron chi connectivity index (χ0n) is 24.5. The summed E-state index contributed by atoms with van der Waals surface area (Å²) in [6, 6.07) is 27.5. The van der Waals surface area contributed by atoms with Crippen LogP contribution in [0.5, 0.6) is 0 Å². The normalized spacial score (nSPS) is 11.9. The van der Waals surface area contributed by atoms with Crippen molar-refractivity contribution in [3.8, 4) is 0 Å². The van der Waals surface area contributed by atoms with E-state index >= 15 is 0 Å². The van der Waals surface area contributed by atoms with E-state index in [1.165, 1.54) is 23.1 Å². The predicted octanol–water partition coefficient (Wildman–Crippen LogP) is 5.41. The lowest BCUT2D eigenvalue weighted by Crippen LogP contribution is -2.53. The molecule has 43 heavy (non-hydrogen) atoms. The van der Waals surface area contributed by atoms with Crippen molar-refractivity contribution in [2.24, 2.45) is 0 Å².